The van der Waals surface area contributed by atoms with Crippen LogP contribution < -0.4 is 0 Å². The lowest BCUT2D eigenvalue weighted by molar-refractivity contribution is 0.627. The van der Waals surface area contributed by atoms with E-state index in [4.69, 9.17) is 0 Å². The first-order valence-electron chi connectivity index (χ1n) is 16.4. The molecule has 0 radical (unpaired) electrons. The fraction of sp³-hybridized carbons (Fsp3) is 0.684. The van der Waals surface area contributed by atoms with Crippen LogP contribution in [0, 0.1) is 0 Å². The molecule has 0 aromatic heterocycles. The molecule has 2 aromatic carbocycles. The molecule has 2 rings (SSSR count). The summed E-state index contributed by atoms with van der Waals surface area (Å²) in [7, 11) is 0. The molecule has 0 aliphatic heterocycles. The quantitative estimate of drug-likeness (QED) is 0.233. The van der Waals surface area contributed by atoms with Crippen molar-refractivity contribution >= 4 is 0 Å². The van der Waals surface area contributed by atoms with E-state index >= 15 is 0 Å². The largest absolute Gasteiger partial charge is 0.0648 e. The molecule has 6 atom stereocenters. The topological polar surface area (TPSA) is 0 Å². The first-order valence-corrected chi connectivity index (χ1v) is 16.4. The van der Waals surface area contributed by atoms with E-state index in [-0.39, 0.29) is 0 Å². The van der Waals surface area contributed by atoms with Gasteiger partial charge in [-0.05, 0) is 119 Å². The van der Waals surface area contributed by atoms with Crippen molar-refractivity contribution in [2.75, 3.05) is 0 Å². The number of hydrogen-bond donors (Lipinski definition) is 0. The van der Waals surface area contributed by atoms with Gasteiger partial charge in [-0.25, -0.2) is 0 Å². The Morgan fingerprint density at radius 2 is 0.553 bits per heavy atom. The van der Waals surface area contributed by atoms with Crippen LogP contribution >= 0.6 is 0 Å². The lowest BCUT2D eigenvalue weighted by Gasteiger charge is -2.35. The van der Waals surface area contributed by atoms with Gasteiger partial charge < -0.3 is 0 Å². The first-order chi connectivity index (χ1) is 18.0. The smallest absolute Gasteiger partial charge is 0.00725 e. The molecule has 214 valence electrons. The minimum absolute atomic E-state index is 0.393. The Balaban J connectivity index is 3.14. The van der Waals surface area contributed by atoms with Crippen LogP contribution in [-0.2, 0) is 0 Å². The van der Waals surface area contributed by atoms with Crippen LogP contribution in [0.25, 0.3) is 0 Å². The van der Waals surface area contributed by atoms with E-state index in [1.54, 1.807) is 44.5 Å². The number of benzene rings is 2. The van der Waals surface area contributed by atoms with Crippen LogP contribution in [0.1, 0.15) is 214 Å². The summed E-state index contributed by atoms with van der Waals surface area (Å²) in [6, 6.07) is 10.1. The standard InChI is InChI=1S/C38H62/c1-14-24(7)31-20-22-33(26(9)16-3)37(35(31)28(11)18-5)30(13)38-34(27(10)17-4)23-21-32(25(8)15-2)36(38)29(12)19-6/h20-30H,14-19H2,1-13H3. The molecule has 0 amide bonds. The van der Waals surface area contributed by atoms with E-state index in [9.17, 15) is 0 Å². The maximum atomic E-state index is 2.57. The summed E-state index contributed by atoms with van der Waals surface area (Å²) >= 11 is 0. The van der Waals surface area contributed by atoms with E-state index < -0.39 is 0 Å². The average molecular weight is 519 g/mol. The summed E-state index contributed by atoms with van der Waals surface area (Å²) in [4.78, 5) is 0. The molecular formula is C38H62. The Labute approximate surface area is 238 Å². The van der Waals surface area contributed by atoms with Gasteiger partial charge in [0.15, 0.2) is 0 Å². The fourth-order valence-electron chi connectivity index (χ4n) is 6.56. The SMILES string of the molecule is CCC(C)c1ccc(C(C)CC)c(C(C)c2c(C(C)CC)ccc(C(C)CC)c2C(C)CC)c1C(C)CC. The van der Waals surface area contributed by atoms with E-state index in [1.807, 2.05) is 0 Å². The van der Waals surface area contributed by atoms with Crippen LogP contribution in [-0.4, -0.2) is 0 Å². The van der Waals surface area contributed by atoms with Crippen molar-refractivity contribution in [1.82, 2.24) is 0 Å². The van der Waals surface area contributed by atoms with Gasteiger partial charge in [0.25, 0.3) is 0 Å². The summed E-state index contributed by atoms with van der Waals surface area (Å²) in [5, 5.41) is 0. The molecule has 2 aromatic rings. The Kier molecular flexibility index (Phi) is 12.6. The Morgan fingerprint density at radius 3 is 0.763 bits per heavy atom. The van der Waals surface area contributed by atoms with Gasteiger partial charge in [-0.3, -0.25) is 0 Å². The predicted octanol–water partition coefficient (Wildman–Crippen LogP) is 12.9. The highest BCUT2D eigenvalue weighted by Gasteiger charge is 2.31. The van der Waals surface area contributed by atoms with Crippen molar-refractivity contribution in [3.63, 3.8) is 0 Å². The van der Waals surface area contributed by atoms with Crippen molar-refractivity contribution in [2.45, 2.75) is 170 Å². The Bertz CT molecular complexity index is 930. The fourth-order valence-corrected chi connectivity index (χ4v) is 6.56. The van der Waals surface area contributed by atoms with Crippen LogP contribution in [0.3, 0.4) is 0 Å². The lowest BCUT2D eigenvalue weighted by Crippen LogP contribution is -2.18. The second-order valence-corrected chi connectivity index (χ2v) is 12.7. The van der Waals surface area contributed by atoms with E-state index in [2.05, 4.69) is 114 Å². The maximum Gasteiger partial charge on any atom is 0.00725 e. The summed E-state index contributed by atoms with van der Waals surface area (Å²) in [6.07, 6.45) is 7.14. The third kappa shape index (κ3) is 6.59. The van der Waals surface area contributed by atoms with Crippen molar-refractivity contribution in [2.24, 2.45) is 0 Å². The van der Waals surface area contributed by atoms with Crippen LogP contribution in [0.15, 0.2) is 24.3 Å². The molecule has 0 N–H and O–H groups in total. The zero-order valence-corrected chi connectivity index (χ0v) is 27.6. The van der Waals surface area contributed by atoms with Gasteiger partial charge in [0.1, 0.15) is 0 Å². The first kappa shape index (κ1) is 32.7. The predicted molar refractivity (Wildman–Crippen MR) is 173 cm³/mol. The zero-order valence-electron chi connectivity index (χ0n) is 27.6. The van der Waals surface area contributed by atoms with Crippen LogP contribution in [0.4, 0.5) is 0 Å². The maximum absolute atomic E-state index is 2.57. The van der Waals surface area contributed by atoms with Gasteiger partial charge in [0.05, 0.1) is 0 Å². The summed E-state index contributed by atoms with van der Waals surface area (Å²) in [5.74, 6) is 3.84. The third-order valence-corrected chi connectivity index (χ3v) is 10.4. The second-order valence-electron chi connectivity index (χ2n) is 12.7. The molecular weight excluding hydrogens is 456 g/mol. The van der Waals surface area contributed by atoms with Crippen LogP contribution in [0.2, 0.25) is 0 Å². The third-order valence-electron chi connectivity index (χ3n) is 10.4. The molecule has 0 fully saturated rings. The molecule has 0 aliphatic rings. The minimum Gasteiger partial charge on any atom is -0.0648 e. The van der Waals surface area contributed by atoms with Gasteiger partial charge in [0.2, 0.25) is 0 Å². The second kappa shape index (κ2) is 14.7. The Morgan fingerprint density at radius 1 is 0.342 bits per heavy atom. The monoisotopic (exact) mass is 518 g/mol. The lowest BCUT2D eigenvalue weighted by atomic mass is 9.70. The molecule has 0 heteroatoms. The van der Waals surface area contributed by atoms with Gasteiger partial charge >= 0.3 is 0 Å². The molecule has 0 aliphatic carbocycles. The van der Waals surface area contributed by atoms with Gasteiger partial charge in [-0.15, -0.1) is 0 Å². The van der Waals surface area contributed by atoms with Gasteiger partial charge in [-0.1, -0.05) is 114 Å². The van der Waals surface area contributed by atoms with Gasteiger partial charge in [-0.2, -0.15) is 0 Å². The van der Waals surface area contributed by atoms with Crippen molar-refractivity contribution in [3.8, 4) is 0 Å². The summed E-state index contributed by atoms with van der Waals surface area (Å²) < 4.78 is 0. The molecule has 0 spiro atoms. The highest BCUT2D eigenvalue weighted by atomic mass is 14.4. The van der Waals surface area contributed by atoms with E-state index in [1.165, 1.54) is 38.5 Å². The summed E-state index contributed by atoms with van der Waals surface area (Å²) in [5.41, 5.74) is 13.1. The van der Waals surface area contributed by atoms with Crippen molar-refractivity contribution < 1.29 is 0 Å². The molecule has 0 saturated heterocycles. The number of rotatable bonds is 14. The van der Waals surface area contributed by atoms with E-state index in [0.29, 0.717) is 41.4 Å². The van der Waals surface area contributed by atoms with Crippen molar-refractivity contribution in [3.05, 3.63) is 68.8 Å². The molecule has 0 saturated carbocycles. The number of hydrogen-bond acceptors (Lipinski definition) is 0. The molecule has 6 unspecified atom stereocenters. The van der Waals surface area contributed by atoms with Gasteiger partial charge in [0, 0.05) is 5.92 Å². The highest BCUT2D eigenvalue weighted by molar-refractivity contribution is 5.56. The van der Waals surface area contributed by atoms with Crippen molar-refractivity contribution in [1.29, 1.82) is 0 Å². The normalized spacial score (nSPS) is 17.5. The molecule has 0 heterocycles. The highest BCUT2D eigenvalue weighted by Crippen LogP contribution is 2.48. The zero-order chi connectivity index (χ0) is 28.7. The molecule has 0 nitrogen and oxygen atoms in total. The Hall–Kier alpha value is -1.56. The van der Waals surface area contributed by atoms with E-state index in [0.717, 1.165) is 0 Å². The average Bonchev–Trinajstić information content (AvgIpc) is 2.96. The minimum atomic E-state index is 0.393. The van der Waals surface area contributed by atoms with Crippen LogP contribution in [0.5, 0.6) is 0 Å². The summed E-state index contributed by atoms with van der Waals surface area (Å²) in [6.45, 7) is 31.5. The molecule has 38 heavy (non-hydrogen) atoms. The molecule has 0 bridgehead atoms.